The monoisotopic (exact) mass is 984 g/mol. The van der Waals surface area contributed by atoms with E-state index in [4.69, 9.17) is 27.1 Å². The zero-order valence-corrected chi connectivity index (χ0v) is 38.7. The molecule has 13 rings (SSSR count). The van der Waals surface area contributed by atoms with Crippen molar-refractivity contribution in [2.45, 2.75) is 29.4 Å². The summed E-state index contributed by atoms with van der Waals surface area (Å²) in [5, 5.41) is 23.9. The van der Waals surface area contributed by atoms with Crippen molar-refractivity contribution in [1.82, 2.24) is 0 Å². The molecule has 270 valence electrons. The zero-order chi connectivity index (χ0) is 35.2. The first-order valence-electron chi connectivity index (χ1n) is 15.6. The molecule has 3 aromatic carbocycles. The van der Waals surface area contributed by atoms with Crippen LogP contribution < -0.4 is 28.8 Å². The molecule has 10 heterocycles. The highest BCUT2D eigenvalue weighted by molar-refractivity contribution is 8.33. The molecule has 0 unspecified atom stereocenters. The van der Waals surface area contributed by atoms with Crippen molar-refractivity contribution in [2.24, 2.45) is 13.5 Å². The van der Waals surface area contributed by atoms with Crippen molar-refractivity contribution in [1.29, 1.82) is 0 Å². The van der Waals surface area contributed by atoms with E-state index in [2.05, 4.69) is 84.1 Å². The van der Waals surface area contributed by atoms with Crippen LogP contribution >= 0.6 is 164 Å². The summed E-state index contributed by atoms with van der Waals surface area (Å²) in [7, 11) is -9.40. The van der Waals surface area contributed by atoms with Crippen molar-refractivity contribution < 1.29 is 13.6 Å². The van der Waals surface area contributed by atoms with Crippen LogP contribution in [-0.4, -0.2) is 0 Å². The molecular formula is C30H15N6O3P3S12. The lowest BCUT2D eigenvalue weighted by Crippen LogP contribution is -2.05. The topological polar surface area (TPSA) is 101 Å². The van der Waals surface area contributed by atoms with Crippen molar-refractivity contribution >= 4 is 181 Å². The van der Waals surface area contributed by atoms with E-state index < -0.39 is 22.7 Å². The molecule has 0 amide bonds. The van der Waals surface area contributed by atoms with Gasteiger partial charge in [0.15, 0.2) is 17.2 Å². The maximum Gasteiger partial charge on any atom is 0.362 e. The van der Waals surface area contributed by atoms with Crippen LogP contribution in [0, 0.1) is 0 Å². The van der Waals surface area contributed by atoms with E-state index in [0.29, 0.717) is 0 Å². The van der Waals surface area contributed by atoms with E-state index in [1.165, 1.54) is 54.8 Å². The first kappa shape index (κ1) is 34.6. The van der Waals surface area contributed by atoms with Gasteiger partial charge in [0.1, 0.15) is 0 Å². The van der Waals surface area contributed by atoms with Crippen molar-refractivity contribution in [2.75, 3.05) is 15.3 Å². The minimum Gasteiger partial charge on any atom is -0.424 e. The summed E-state index contributed by atoms with van der Waals surface area (Å²) in [6.07, 6.45) is 0. The number of fused-ring (bicyclic) bond motifs is 6. The number of rotatable bonds is 0. The number of nitrogens with zero attached hydrogens (tertiary/aromatic N) is 3. The minimum absolute atomic E-state index is 0.736. The Balaban J connectivity index is 0.887. The lowest BCUT2D eigenvalue weighted by Gasteiger charge is -2.27. The van der Waals surface area contributed by atoms with Gasteiger partial charge in [-0.15, -0.1) is 13.5 Å². The number of hydrogen-bond acceptors (Lipinski definition) is 21. The summed E-state index contributed by atoms with van der Waals surface area (Å²) in [5.41, 5.74) is 2.62. The number of benzene rings is 3. The molecule has 54 heavy (non-hydrogen) atoms. The first-order valence-corrected chi connectivity index (χ1v) is 30.6. The zero-order valence-electron chi connectivity index (χ0n) is 26.2. The molecule has 0 bridgehead atoms. The Hall–Kier alpha value is -0.210. The maximum absolute atomic E-state index is 6.91. The van der Waals surface area contributed by atoms with Gasteiger partial charge >= 0.3 is 22.7 Å². The summed E-state index contributed by atoms with van der Waals surface area (Å²) in [6, 6.07) is 12.9. The quantitative estimate of drug-likeness (QED) is 0.186. The van der Waals surface area contributed by atoms with Crippen LogP contribution in [0.15, 0.2) is 137 Å². The summed E-state index contributed by atoms with van der Waals surface area (Å²) in [4.78, 5) is 7.10. The Labute approximate surface area is 360 Å². The Morgan fingerprint density at radius 1 is 0.352 bits per heavy atom. The fourth-order valence-electron chi connectivity index (χ4n) is 6.15. The maximum atomic E-state index is 6.91. The molecule has 10 aliphatic heterocycles. The van der Waals surface area contributed by atoms with Crippen molar-refractivity contribution in [3.8, 4) is 17.2 Å². The highest BCUT2D eigenvalue weighted by atomic mass is 32.2. The first-order chi connectivity index (χ1) is 26.4. The van der Waals surface area contributed by atoms with Gasteiger partial charge in [-0.2, -0.15) is 0 Å². The Morgan fingerprint density at radius 2 is 0.611 bits per heavy atom. The summed E-state index contributed by atoms with van der Waals surface area (Å²) >= 11 is 21.4. The number of thioether (sulfide) groups is 12. The second-order valence-electron chi connectivity index (χ2n) is 11.8. The third-order valence-corrected chi connectivity index (χ3v) is 32.6. The predicted molar refractivity (Wildman–Crippen MR) is 249 cm³/mol. The van der Waals surface area contributed by atoms with E-state index in [-0.39, 0.29) is 0 Å². The van der Waals surface area contributed by atoms with Gasteiger partial charge in [-0.25, -0.2) is 0 Å². The van der Waals surface area contributed by atoms with Gasteiger partial charge in [-0.1, -0.05) is 141 Å². The molecule has 0 aromatic heterocycles. The van der Waals surface area contributed by atoms with E-state index in [9.17, 15) is 0 Å². The predicted octanol–water partition coefficient (Wildman–Crippen LogP) is 17.2. The van der Waals surface area contributed by atoms with Crippen LogP contribution in [0.1, 0.15) is 0 Å². The second kappa shape index (κ2) is 12.9. The van der Waals surface area contributed by atoms with Crippen LogP contribution in [0.25, 0.3) is 0 Å². The van der Waals surface area contributed by atoms with Crippen LogP contribution in [0.4, 0.5) is 17.1 Å². The third-order valence-electron chi connectivity index (χ3n) is 8.27. The normalized spacial score (nSPS) is 29.3. The Bertz CT molecular complexity index is 2300. The van der Waals surface area contributed by atoms with Gasteiger partial charge in [0.2, 0.25) is 0 Å². The van der Waals surface area contributed by atoms with Gasteiger partial charge in [0.05, 0.1) is 42.5 Å². The molecule has 3 aromatic rings. The molecule has 9 nitrogen and oxygen atoms in total. The van der Waals surface area contributed by atoms with Crippen LogP contribution in [0.5, 0.6) is 17.2 Å². The van der Waals surface area contributed by atoms with Gasteiger partial charge in [0.25, 0.3) is 0 Å². The van der Waals surface area contributed by atoms with Gasteiger partial charge in [-0.05, 0) is 68.8 Å². The number of nitrogens with one attached hydrogen (secondary N) is 3. The molecule has 0 aliphatic carbocycles. The van der Waals surface area contributed by atoms with Crippen LogP contribution in [-0.2, 0) is 0 Å². The SMILES string of the molecule is C1=CSC(=C2Sc3cc4c(cc3S2)OP2(=NP3(=NP5(=N2)Nc2cc6c(cc2O5)SC(=C2SC=CS2)S6)Nc2cc5c(cc2O3)SC(=C2SC=CS2)S5)N4)S1. The molecule has 24 heteroatoms. The van der Waals surface area contributed by atoms with Gasteiger partial charge in [0, 0.05) is 29.4 Å². The molecule has 3 N–H and O–H groups in total. The standard InChI is InChI=1S/C30H15N6O3P3S12/c1-2-44-25(43-1)28-49-19-7-13-16(10-22(19)52-28)37-40(31-13)34-41(32-14-8-20-23(11-17(14)38-41)53-29(50-20)26-45-3-4-46-26)36-42(35-40)33-15-9-21-24(12-18(15)39-42)54-30(51-21)27-47-5-6-48-27/h1-12,31-33H. The third kappa shape index (κ3) is 5.72. The van der Waals surface area contributed by atoms with Crippen molar-refractivity contribution in [3.05, 3.63) is 94.3 Å². The highest BCUT2D eigenvalue weighted by Gasteiger charge is 2.51. The van der Waals surface area contributed by atoms with Crippen LogP contribution in [0.3, 0.4) is 0 Å². The summed E-state index contributed by atoms with van der Waals surface area (Å²) < 4.78 is 44.7. The number of anilines is 3. The summed E-state index contributed by atoms with van der Waals surface area (Å²) in [5.74, 6) is 2.21. The van der Waals surface area contributed by atoms with Gasteiger partial charge in [-0.3, -0.25) is 15.3 Å². The molecule has 0 radical (unpaired) electrons. The van der Waals surface area contributed by atoms with Gasteiger partial charge < -0.3 is 13.6 Å². The molecule has 0 saturated heterocycles. The van der Waals surface area contributed by atoms with E-state index in [0.717, 1.165) is 34.3 Å². The molecule has 0 fully saturated rings. The lowest BCUT2D eigenvalue weighted by molar-refractivity contribution is 0.601. The smallest absolute Gasteiger partial charge is 0.362 e. The highest BCUT2D eigenvalue weighted by Crippen LogP contribution is 2.83. The molecule has 0 atom stereocenters. The summed E-state index contributed by atoms with van der Waals surface area (Å²) in [6.45, 7) is 0. The largest absolute Gasteiger partial charge is 0.424 e. The lowest BCUT2D eigenvalue weighted by atomic mass is 10.3. The number of hydrogen-bond donors (Lipinski definition) is 3. The molecular weight excluding hydrogens is 970 g/mol. The Morgan fingerprint density at radius 3 is 0.889 bits per heavy atom. The van der Waals surface area contributed by atoms with E-state index in [1.807, 2.05) is 0 Å². The molecule has 0 saturated carbocycles. The Kier molecular flexibility index (Phi) is 8.27. The molecule has 10 aliphatic rings. The average molecular weight is 985 g/mol. The minimum atomic E-state index is -3.13. The van der Waals surface area contributed by atoms with Crippen LogP contribution in [0.2, 0.25) is 0 Å². The van der Waals surface area contributed by atoms with E-state index in [1.54, 1.807) is 141 Å². The second-order valence-corrected chi connectivity index (χ2v) is 31.7. The average Bonchev–Trinajstić information content (AvgIpc) is 3.96. The molecule has 3 spiro atoms. The van der Waals surface area contributed by atoms with Crippen molar-refractivity contribution in [3.63, 3.8) is 0 Å². The fraction of sp³-hybridized carbons (Fsp3) is 0. The fourth-order valence-corrected chi connectivity index (χ4v) is 30.4. The van der Waals surface area contributed by atoms with E-state index >= 15 is 0 Å².